The maximum atomic E-state index is 5.93. The normalized spacial score (nSPS) is 22.2. The first-order valence-electron chi connectivity index (χ1n) is 5.57. The molecule has 0 aliphatic carbocycles. The van der Waals surface area contributed by atoms with E-state index < -0.39 is 0 Å². The van der Waals surface area contributed by atoms with Crippen molar-refractivity contribution in [1.82, 2.24) is 0 Å². The minimum absolute atomic E-state index is 0.391. The van der Waals surface area contributed by atoms with Crippen LogP contribution in [0.3, 0.4) is 0 Å². The van der Waals surface area contributed by atoms with Gasteiger partial charge < -0.3 is 10.5 Å². The van der Waals surface area contributed by atoms with Crippen molar-refractivity contribution in [2.45, 2.75) is 39.5 Å². The van der Waals surface area contributed by atoms with Gasteiger partial charge in [-0.05, 0) is 30.7 Å². The molecule has 2 nitrogen and oxygen atoms in total. The standard InChI is InChI=1S/C11H23NO/c1-3-10(4-2)11(9-12)5-7-13-8-6-11/h10H,3-9,12H2,1-2H3. The van der Waals surface area contributed by atoms with Gasteiger partial charge in [0.05, 0.1) is 0 Å². The Morgan fingerprint density at radius 2 is 1.77 bits per heavy atom. The third kappa shape index (κ3) is 2.23. The first-order valence-corrected chi connectivity index (χ1v) is 5.57. The summed E-state index contributed by atoms with van der Waals surface area (Å²) in [6, 6.07) is 0. The molecule has 1 heterocycles. The van der Waals surface area contributed by atoms with Crippen LogP contribution in [-0.4, -0.2) is 19.8 Å². The molecule has 0 amide bonds. The number of hydrogen-bond acceptors (Lipinski definition) is 2. The fraction of sp³-hybridized carbons (Fsp3) is 1.00. The van der Waals surface area contributed by atoms with E-state index in [0.717, 1.165) is 38.5 Å². The largest absolute Gasteiger partial charge is 0.381 e. The first kappa shape index (κ1) is 11.0. The monoisotopic (exact) mass is 185 g/mol. The fourth-order valence-electron chi connectivity index (χ4n) is 2.71. The lowest BCUT2D eigenvalue weighted by Gasteiger charge is -2.42. The maximum Gasteiger partial charge on any atom is 0.0471 e. The van der Waals surface area contributed by atoms with Crippen LogP contribution < -0.4 is 5.73 Å². The Morgan fingerprint density at radius 3 is 2.15 bits per heavy atom. The van der Waals surface area contributed by atoms with Crippen LogP contribution in [0.2, 0.25) is 0 Å². The summed E-state index contributed by atoms with van der Waals surface area (Å²) < 4.78 is 5.41. The summed E-state index contributed by atoms with van der Waals surface area (Å²) in [7, 11) is 0. The lowest BCUT2D eigenvalue weighted by Crippen LogP contribution is -2.42. The van der Waals surface area contributed by atoms with Crippen LogP contribution in [0.15, 0.2) is 0 Å². The number of nitrogens with two attached hydrogens (primary N) is 1. The van der Waals surface area contributed by atoms with Crippen molar-refractivity contribution in [3.63, 3.8) is 0 Å². The average Bonchev–Trinajstić information content (AvgIpc) is 2.21. The molecule has 1 rings (SSSR count). The molecule has 2 N–H and O–H groups in total. The van der Waals surface area contributed by atoms with Gasteiger partial charge in [0.25, 0.3) is 0 Å². The van der Waals surface area contributed by atoms with Gasteiger partial charge >= 0.3 is 0 Å². The Kier molecular flexibility index (Phi) is 4.20. The summed E-state index contributed by atoms with van der Waals surface area (Å²) in [5, 5.41) is 0. The summed E-state index contributed by atoms with van der Waals surface area (Å²) in [5.41, 5.74) is 6.33. The highest BCUT2D eigenvalue weighted by atomic mass is 16.5. The highest BCUT2D eigenvalue weighted by Gasteiger charge is 2.36. The second-order valence-corrected chi connectivity index (χ2v) is 4.19. The van der Waals surface area contributed by atoms with Crippen molar-refractivity contribution in [3.05, 3.63) is 0 Å². The number of hydrogen-bond donors (Lipinski definition) is 1. The Hall–Kier alpha value is -0.0800. The van der Waals surface area contributed by atoms with Crippen LogP contribution in [0.4, 0.5) is 0 Å². The average molecular weight is 185 g/mol. The van der Waals surface area contributed by atoms with Gasteiger partial charge in [-0.25, -0.2) is 0 Å². The van der Waals surface area contributed by atoms with Gasteiger partial charge in [-0.15, -0.1) is 0 Å². The van der Waals surface area contributed by atoms with Gasteiger partial charge in [0, 0.05) is 13.2 Å². The molecule has 78 valence electrons. The molecular formula is C11H23NO. The molecule has 0 radical (unpaired) electrons. The van der Waals surface area contributed by atoms with E-state index in [-0.39, 0.29) is 0 Å². The lowest BCUT2D eigenvalue weighted by molar-refractivity contribution is -0.0157. The van der Waals surface area contributed by atoms with Crippen molar-refractivity contribution in [1.29, 1.82) is 0 Å². The van der Waals surface area contributed by atoms with E-state index in [1.807, 2.05) is 0 Å². The first-order chi connectivity index (χ1) is 6.29. The molecule has 0 aromatic carbocycles. The van der Waals surface area contributed by atoms with E-state index in [1.54, 1.807) is 0 Å². The molecule has 1 fully saturated rings. The lowest BCUT2D eigenvalue weighted by atomic mass is 9.68. The minimum Gasteiger partial charge on any atom is -0.381 e. The summed E-state index contributed by atoms with van der Waals surface area (Å²) in [6.45, 7) is 7.21. The molecule has 1 saturated heterocycles. The van der Waals surface area contributed by atoms with Crippen LogP contribution in [0.25, 0.3) is 0 Å². The minimum atomic E-state index is 0.391. The summed E-state index contributed by atoms with van der Waals surface area (Å²) in [5.74, 6) is 0.793. The van der Waals surface area contributed by atoms with E-state index in [4.69, 9.17) is 10.5 Å². The predicted octanol–water partition coefficient (Wildman–Crippen LogP) is 2.18. The third-order valence-corrected chi connectivity index (χ3v) is 3.75. The SMILES string of the molecule is CCC(CC)C1(CN)CCOCC1. The second-order valence-electron chi connectivity index (χ2n) is 4.19. The maximum absolute atomic E-state index is 5.93. The summed E-state index contributed by atoms with van der Waals surface area (Å²) >= 11 is 0. The van der Waals surface area contributed by atoms with E-state index in [2.05, 4.69) is 13.8 Å². The van der Waals surface area contributed by atoms with Crippen molar-refractivity contribution >= 4 is 0 Å². The smallest absolute Gasteiger partial charge is 0.0471 e. The van der Waals surface area contributed by atoms with E-state index in [9.17, 15) is 0 Å². The molecular weight excluding hydrogens is 162 g/mol. The molecule has 0 unspecified atom stereocenters. The topological polar surface area (TPSA) is 35.2 Å². The Labute approximate surface area is 81.8 Å². The van der Waals surface area contributed by atoms with Crippen LogP contribution in [0.1, 0.15) is 39.5 Å². The molecule has 0 saturated carbocycles. The highest BCUT2D eigenvalue weighted by molar-refractivity contribution is 4.88. The molecule has 0 aromatic heterocycles. The van der Waals surface area contributed by atoms with Crippen LogP contribution >= 0.6 is 0 Å². The van der Waals surface area contributed by atoms with Crippen LogP contribution in [0.5, 0.6) is 0 Å². The second kappa shape index (κ2) is 4.97. The fourth-order valence-corrected chi connectivity index (χ4v) is 2.71. The van der Waals surface area contributed by atoms with E-state index in [1.165, 1.54) is 12.8 Å². The van der Waals surface area contributed by atoms with Crippen molar-refractivity contribution in [2.75, 3.05) is 19.8 Å². The molecule has 1 aliphatic rings. The molecule has 0 aromatic rings. The van der Waals surface area contributed by atoms with Gasteiger partial charge in [-0.2, -0.15) is 0 Å². The highest BCUT2D eigenvalue weighted by Crippen LogP contribution is 2.40. The molecule has 2 heteroatoms. The zero-order chi connectivity index (χ0) is 9.73. The third-order valence-electron chi connectivity index (χ3n) is 3.75. The zero-order valence-corrected chi connectivity index (χ0v) is 9.01. The van der Waals surface area contributed by atoms with Crippen molar-refractivity contribution < 1.29 is 4.74 Å². The molecule has 0 spiro atoms. The van der Waals surface area contributed by atoms with Gasteiger partial charge in [-0.3, -0.25) is 0 Å². The van der Waals surface area contributed by atoms with E-state index in [0.29, 0.717) is 5.41 Å². The van der Waals surface area contributed by atoms with Crippen molar-refractivity contribution in [2.24, 2.45) is 17.1 Å². The number of ether oxygens (including phenoxy) is 1. The molecule has 1 aliphatic heterocycles. The Bertz CT molecular complexity index is 137. The number of rotatable bonds is 4. The van der Waals surface area contributed by atoms with Crippen LogP contribution in [-0.2, 0) is 4.74 Å². The summed E-state index contributed by atoms with van der Waals surface area (Å²) in [6.07, 6.45) is 4.84. The van der Waals surface area contributed by atoms with Gasteiger partial charge in [0.2, 0.25) is 0 Å². The summed E-state index contributed by atoms with van der Waals surface area (Å²) in [4.78, 5) is 0. The van der Waals surface area contributed by atoms with Crippen LogP contribution in [0, 0.1) is 11.3 Å². The Balaban J connectivity index is 2.64. The van der Waals surface area contributed by atoms with Gasteiger partial charge in [-0.1, -0.05) is 26.7 Å². The predicted molar refractivity (Wildman–Crippen MR) is 55.6 cm³/mol. The van der Waals surface area contributed by atoms with Gasteiger partial charge in [0.15, 0.2) is 0 Å². The van der Waals surface area contributed by atoms with Gasteiger partial charge in [0.1, 0.15) is 0 Å². The van der Waals surface area contributed by atoms with E-state index >= 15 is 0 Å². The van der Waals surface area contributed by atoms with Crippen molar-refractivity contribution in [3.8, 4) is 0 Å². The molecule has 13 heavy (non-hydrogen) atoms. The zero-order valence-electron chi connectivity index (χ0n) is 9.01. The molecule has 0 bridgehead atoms. The Morgan fingerprint density at radius 1 is 1.23 bits per heavy atom. The molecule has 0 atom stereocenters. The quantitative estimate of drug-likeness (QED) is 0.728.